The maximum absolute atomic E-state index is 13.0. The number of hydrogen-bond acceptors (Lipinski definition) is 6. The summed E-state index contributed by atoms with van der Waals surface area (Å²) in [5.41, 5.74) is 0.362. The van der Waals surface area contributed by atoms with Crippen molar-refractivity contribution in [2.24, 2.45) is 5.92 Å². The molecule has 1 saturated heterocycles. The first kappa shape index (κ1) is 31.5. The van der Waals surface area contributed by atoms with Gasteiger partial charge in [0.25, 0.3) is 5.91 Å². The van der Waals surface area contributed by atoms with Crippen molar-refractivity contribution >= 4 is 35.1 Å². The molecular formula is C29H45N3O5S. The summed E-state index contributed by atoms with van der Waals surface area (Å²) in [7, 11) is 0. The van der Waals surface area contributed by atoms with Crippen LogP contribution in [-0.4, -0.2) is 60.1 Å². The van der Waals surface area contributed by atoms with E-state index in [9.17, 15) is 14.4 Å². The Labute approximate surface area is 233 Å². The molecule has 212 valence electrons. The van der Waals surface area contributed by atoms with Crippen LogP contribution in [0.4, 0.5) is 0 Å². The van der Waals surface area contributed by atoms with Crippen LogP contribution in [-0.2, 0) is 14.3 Å². The van der Waals surface area contributed by atoms with Gasteiger partial charge < -0.3 is 19.7 Å². The number of nitrogens with zero attached hydrogens (tertiary/aromatic N) is 1. The van der Waals surface area contributed by atoms with Crippen molar-refractivity contribution in [3.8, 4) is 5.75 Å². The lowest BCUT2D eigenvalue weighted by Crippen LogP contribution is -2.60. The fraction of sp³-hybridized carbons (Fsp3) is 0.655. The lowest BCUT2D eigenvalue weighted by Gasteiger charge is -2.36. The Hall–Kier alpha value is -2.68. The average molecular weight is 548 g/mol. The van der Waals surface area contributed by atoms with Crippen LogP contribution in [0.3, 0.4) is 0 Å². The monoisotopic (exact) mass is 547 g/mol. The smallest absolute Gasteiger partial charge is 0.308 e. The molecule has 38 heavy (non-hydrogen) atoms. The van der Waals surface area contributed by atoms with Gasteiger partial charge in [0.05, 0.1) is 25.2 Å². The van der Waals surface area contributed by atoms with Crippen molar-refractivity contribution < 1.29 is 23.9 Å². The Kier molecular flexibility index (Phi) is 14.7. The lowest BCUT2D eigenvalue weighted by atomic mass is 10.1. The molecule has 1 unspecified atom stereocenters. The highest BCUT2D eigenvalue weighted by atomic mass is 32.1. The Bertz CT molecular complexity index is 908. The summed E-state index contributed by atoms with van der Waals surface area (Å²) in [6, 6.07) is 6.15. The molecule has 0 saturated carbocycles. The summed E-state index contributed by atoms with van der Waals surface area (Å²) in [6.45, 7) is 8.02. The molecule has 2 N–H and O–H groups in total. The molecule has 0 aliphatic carbocycles. The second kappa shape index (κ2) is 17.8. The zero-order valence-corrected chi connectivity index (χ0v) is 24.1. The molecule has 0 radical (unpaired) electrons. The minimum Gasteiger partial charge on any atom is -0.493 e. The van der Waals surface area contributed by atoms with Crippen molar-refractivity contribution in [3.05, 3.63) is 29.8 Å². The first-order chi connectivity index (χ1) is 18.3. The molecule has 1 aliphatic heterocycles. The molecule has 0 spiro atoms. The molecule has 1 fully saturated rings. The number of unbranched alkanes of at least 4 members (excludes halogenated alkanes) is 7. The number of nitrogens with one attached hydrogen (secondary N) is 2. The molecule has 1 aromatic rings. The number of rotatable bonds is 16. The number of carbonyl (C=O) groups excluding carboxylic acids is 3. The fourth-order valence-electron chi connectivity index (χ4n) is 4.22. The van der Waals surface area contributed by atoms with Crippen LogP contribution >= 0.6 is 12.2 Å². The predicted octanol–water partition coefficient (Wildman–Crippen LogP) is 5.00. The Balaban J connectivity index is 1.85. The largest absolute Gasteiger partial charge is 0.493 e. The number of para-hydroxylation sites is 1. The van der Waals surface area contributed by atoms with Gasteiger partial charge in [-0.25, -0.2) is 0 Å². The molecule has 1 heterocycles. The number of ether oxygens (including phenoxy) is 2. The van der Waals surface area contributed by atoms with Crippen LogP contribution in [0, 0.1) is 5.92 Å². The zero-order valence-electron chi connectivity index (χ0n) is 23.3. The molecule has 2 rings (SSSR count). The topological polar surface area (TPSA) is 97.0 Å². The predicted molar refractivity (Wildman–Crippen MR) is 153 cm³/mol. The van der Waals surface area contributed by atoms with E-state index < -0.39 is 17.9 Å². The van der Waals surface area contributed by atoms with E-state index in [4.69, 9.17) is 21.7 Å². The molecule has 1 aliphatic rings. The maximum Gasteiger partial charge on any atom is 0.308 e. The summed E-state index contributed by atoms with van der Waals surface area (Å²) >= 11 is 5.49. The molecule has 1 atom stereocenters. The van der Waals surface area contributed by atoms with Crippen molar-refractivity contribution in [3.63, 3.8) is 0 Å². The summed E-state index contributed by atoms with van der Waals surface area (Å²) in [5, 5.41) is 5.59. The normalized spacial score (nSPS) is 15.2. The number of amides is 2. The Morgan fingerprint density at radius 1 is 1.08 bits per heavy atom. The molecule has 9 heteroatoms. The number of esters is 1. The Morgan fingerprint density at radius 2 is 1.76 bits per heavy atom. The maximum atomic E-state index is 13.0. The average Bonchev–Trinajstić information content (AvgIpc) is 2.89. The summed E-state index contributed by atoms with van der Waals surface area (Å²) in [5.74, 6) is -0.215. The standard InChI is InChI=1S/C29H45N3O5S/c1-4-5-6-7-8-9-10-13-19-37-26(33)21-24-28(35)30-17-18-32(24)29(38)31-27(34)23-14-11-12-15-25(23)36-20-16-22(2)3/h11-12,14-15,22,24H,4-10,13,16-21H2,1-3H3,(H,30,35)(H,31,34,38). The van der Waals surface area contributed by atoms with E-state index in [0.29, 0.717) is 43.5 Å². The van der Waals surface area contributed by atoms with Crippen LogP contribution in [0.5, 0.6) is 5.75 Å². The van der Waals surface area contributed by atoms with Crippen LogP contribution < -0.4 is 15.4 Å². The third kappa shape index (κ3) is 11.4. The van der Waals surface area contributed by atoms with E-state index in [-0.39, 0.29) is 17.4 Å². The van der Waals surface area contributed by atoms with E-state index in [1.807, 2.05) is 6.07 Å². The third-order valence-electron chi connectivity index (χ3n) is 6.52. The van der Waals surface area contributed by atoms with E-state index in [1.165, 1.54) is 32.1 Å². The van der Waals surface area contributed by atoms with Crippen LogP contribution in [0.1, 0.15) is 95.3 Å². The molecule has 1 aromatic carbocycles. The molecule has 0 aromatic heterocycles. The van der Waals surface area contributed by atoms with Crippen LogP contribution in [0.2, 0.25) is 0 Å². The van der Waals surface area contributed by atoms with E-state index in [2.05, 4.69) is 31.4 Å². The highest BCUT2D eigenvalue weighted by Gasteiger charge is 2.34. The van der Waals surface area contributed by atoms with Gasteiger partial charge in [-0.05, 0) is 43.1 Å². The van der Waals surface area contributed by atoms with Crippen molar-refractivity contribution in [1.82, 2.24) is 15.5 Å². The molecule has 2 amide bonds. The Morgan fingerprint density at radius 3 is 2.47 bits per heavy atom. The SMILES string of the molecule is CCCCCCCCCCOC(=O)CC1C(=O)NCCN1C(=S)NC(=O)c1ccccc1OCCC(C)C. The van der Waals surface area contributed by atoms with Crippen molar-refractivity contribution in [2.75, 3.05) is 26.3 Å². The van der Waals surface area contributed by atoms with E-state index in [0.717, 1.165) is 25.7 Å². The summed E-state index contributed by atoms with van der Waals surface area (Å²) in [6.07, 6.45) is 9.99. The minimum absolute atomic E-state index is 0.0997. The van der Waals surface area contributed by atoms with E-state index in [1.54, 1.807) is 23.1 Å². The molecule has 0 bridgehead atoms. The number of hydrogen-bond donors (Lipinski definition) is 2. The first-order valence-electron chi connectivity index (χ1n) is 14.1. The van der Waals surface area contributed by atoms with Gasteiger partial charge in [0, 0.05) is 13.1 Å². The zero-order chi connectivity index (χ0) is 27.8. The van der Waals surface area contributed by atoms with Gasteiger partial charge in [-0.1, -0.05) is 77.8 Å². The van der Waals surface area contributed by atoms with Crippen LogP contribution in [0.15, 0.2) is 24.3 Å². The van der Waals surface area contributed by atoms with Gasteiger partial charge in [0.15, 0.2) is 5.11 Å². The van der Waals surface area contributed by atoms with Gasteiger partial charge in [0.1, 0.15) is 11.8 Å². The number of benzene rings is 1. The highest BCUT2D eigenvalue weighted by molar-refractivity contribution is 7.80. The number of thiocarbonyl (C=S) groups is 1. The number of carbonyl (C=O) groups is 3. The van der Waals surface area contributed by atoms with Gasteiger partial charge >= 0.3 is 5.97 Å². The second-order valence-electron chi connectivity index (χ2n) is 10.2. The quantitative estimate of drug-likeness (QED) is 0.171. The second-order valence-corrected chi connectivity index (χ2v) is 10.6. The molecular weight excluding hydrogens is 502 g/mol. The van der Waals surface area contributed by atoms with E-state index >= 15 is 0 Å². The fourth-order valence-corrected chi connectivity index (χ4v) is 4.53. The van der Waals surface area contributed by atoms with Crippen molar-refractivity contribution in [2.45, 2.75) is 91.0 Å². The minimum atomic E-state index is -0.833. The summed E-state index contributed by atoms with van der Waals surface area (Å²) < 4.78 is 11.2. The van der Waals surface area contributed by atoms with Gasteiger partial charge in [-0.15, -0.1) is 0 Å². The third-order valence-corrected chi connectivity index (χ3v) is 6.85. The van der Waals surface area contributed by atoms with Crippen molar-refractivity contribution in [1.29, 1.82) is 0 Å². The van der Waals surface area contributed by atoms with Gasteiger partial charge in [0.2, 0.25) is 5.91 Å². The lowest BCUT2D eigenvalue weighted by molar-refractivity contribution is -0.147. The number of piperazine rings is 1. The first-order valence-corrected chi connectivity index (χ1v) is 14.5. The molecule has 8 nitrogen and oxygen atoms in total. The van der Waals surface area contributed by atoms with Crippen LogP contribution in [0.25, 0.3) is 0 Å². The van der Waals surface area contributed by atoms with Gasteiger partial charge in [-0.3, -0.25) is 19.7 Å². The summed E-state index contributed by atoms with van der Waals surface area (Å²) in [4.78, 5) is 39.7. The highest BCUT2D eigenvalue weighted by Crippen LogP contribution is 2.19. The van der Waals surface area contributed by atoms with Gasteiger partial charge in [-0.2, -0.15) is 0 Å².